The lowest BCUT2D eigenvalue weighted by molar-refractivity contribution is -0.119. The van der Waals surface area contributed by atoms with Gasteiger partial charge in [0, 0.05) is 26.6 Å². The number of hydrogen-bond donors (Lipinski definition) is 1. The third-order valence-electron chi connectivity index (χ3n) is 5.01. The zero-order valence-electron chi connectivity index (χ0n) is 17.1. The molecule has 1 aliphatic rings. The van der Waals surface area contributed by atoms with E-state index in [0.717, 1.165) is 37.4 Å². The van der Waals surface area contributed by atoms with Crippen molar-refractivity contribution >= 4 is 17.5 Å². The molecule has 1 heterocycles. The minimum absolute atomic E-state index is 0.000121. The predicted octanol–water partition coefficient (Wildman–Crippen LogP) is 4.88. The number of rotatable bonds is 6. The molecule has 0 aromatic heterocycles. The first-order valence-electron chi connectivity index (χ1n) is 9.88. The standard InChI is InChI=1S/C23H29ClN2O2/c1-15(2)28-23-8-5-18(11-22(23)24)13-26-10-9-20-12-19(6-7-21(20)14-26)16(3)25-17(4)27/h5-8,11-12,15-16H,9-10,13-14H2,1-4H3,(H,25,27). The van der Waals surface area contributed by atoms with Crippen LogP contribution in [0, 0.1) is 0 Å². The van der Waals surface area contributed by atoms with Gasteiger partial charge in [-0.05, 0) is 61.6 Å². The van der Waals surface area contributed by atoms with E-state index in [0.29, 0.717) is 5.02 Å². The largest absolute Gasteiger partial charge is 0.489 e. The molecule has 2 aromatic carbocycles. The maximum atomic E-state index is 11.3. The van der Waals surface area contributed by atoms with Gasteiger partial charge in [0.15, 0.2) is 0 Å². The lowest BCUT2D eigenvalue weighted by atomic mass is 9.95. The first-order valence-corrected chi connectivity index (χ1v) is 10.3. The first-order chi connectivity index (χ1) is 13.3. The molecule has 28 heavy (non-hydrogen) atoms. The Morgan fingerprint density at radius 3 is 2.64 bits per heavy atom. The molecule has 5 heteroatoms. The van der Waals surface area contributed by atoms with Crippen molar-refractivity contribution in [1.29, 1.82) is 0 Å². The Hall–Kier alpha value is -2.04. The SMILES string of the molecule is CC(=O)NC(C)c1ccc2c(c1)CCN(Cc1ccc(OC(C)C)c(Cl)c1)C2. The Bertz CT molecular complexity index is 850. The molecule has 3 rings (SSSR count). The van der Waals surface area contributed by atoms with Crippen molar-refractivity contribution in [2.24, 2.45) is 0 Å². The van der Waals surface area contributed by atoms with Crippen LogP contribution in [0.3, 0.4) is 0 Å². The number of nitrogens with one attached hydrogen (secondary N) is 1. The van der Waals surface area contributed by atoms with E-state index in [1.165, 1.54) is 16.7 Å². The minimum atomic E-state index is -0.000121. The monoisotopic (exact) mass is 400 g/mol. The van der Waals surface area contributed by atoms with Crippen LogP contribution in [0.25, 0.3) is 0 Å². The third-order valence-corrected chi connectivity index (χ3v) is 5.30. The molecule has 1 atom stereocenters. The molecule has 1 N–H and O–H groups in total. The summed E-state index contributed by atoms with van der Waals surface area (Å²) >= 11 is 6.38. The molecule has 0 saturated heterocycles. The quantitative estimate of drug-likeness (QED) is 0.751. The Balaban J connectivity index is 1.65. The van der Waals surface area contributed by atoms with Crippen LogP contribution in [0.1, 0.15) is 56.0 Å². The number of ether oxygens (including phenoxy) is 1. The van der Waals surface area contributed by atoms with E-state index in [-0.39, 0.29) is 18.1 Å². The number of fused-ring (bicyclic) bond motifs is 1. The average Bonchev–Trinajstić information content (AvgIpc) is 2.62. The second-order valence-corrected chi connectivity index (χ2v) is 8.25. The van der Waals surface area contributed by atoms with Crippen LogP contribution >= 0.6 is 11.6 Å². The van der Waals surface area contributed by atoms with E-state index in [1.54, 1.807) is 6.92 Å². The van der Waals surface area contributed by atoms with Gasteiger partial charge in [-0.2, -0.15) is 0 Å². The summed E-state index contributed by atoms with van der Waals surface area (Å²) in [6.07, 6.45) is 1.12. The van der Waals surface area contributed by atoms with Gasteiger partial charge in [-0.15, -0.1) is 0 Å². The Morgan fingerprint density at radius 2 is 1.96 bits per heavy atom. The number of benzene rings is 2. The molecular weight excluding hydrogens is 372 g/mol. The van der Waals surface area contributed by atoms with Crippen molar-refractivity contribution in [2.75, 3.05) is 6.54 Å². The summed E-state index contributed by atoms with van der Waals surface area (Å²) in [5.41, 5.74) is 5.09. The van der Waals surface area contributed by atoms with Crippen molar-refractivity contribution in [3.05, 3.63) is 63.7 Å². The Labute approximate surface area is 172 Å². The average molecular weight is 401 g/mol. The summed E-state index contributed by atoms with van der Waals surface area (Å²) in [5.74, 6) is 0.741. The van der Waals surface area contributed by atoms with Gasteiger partial charge < -0.3 is 10.1 Å². The summed E-state index contributed by atoms with van der Waals surface area (Å²) in [7, 11) is 0. The van der Waals surface area contributed by atoms with Crippen LogP contribution in [-0.2, 0) is 24.3 Å². The van der Waals surface area contributed by atoms with Crippen molar-refractivity contribution in [1.82, 2.24) is 10.2 Å². The minimum Gasteiger partial charge on any atom is -0.489 e. The smallest absolute Gasteiger partial charge is 0.217 e. The summed E-state index contributed by atoms with van der Waals surface area (Å²) in [5, 5.41) is 3.62. The molecule has 4 nitrogen and oxygen atoms in total. The molecule has 1 aliphatic heterocycles. The molecule has 0 fully saturated rings. The predicted molar refractivity (Wildman–Crippen MR) is 114 cm³/mol. The summed E-state index contributed by atoms with van der Waals surface area (Å²) in [4.78, 5) is 13.7. The fourth-order valence-corrected chi connectivity index (χ4v) is 3.92. The van der Waals surface area contributed by atoms with Crippen LogP contribution in [0.15, 0.2) is 36.4 Å². The topological polar surface area (TPSA) is 41.6 Å². The normalized spacial score (nSPS) is 15.2. The van der Waals surface area contributed by atoms with E-state index in [9.17, 15) is 4.79 Å². The zero-order chi connectivity index (χ0) is 20.3. The molecule has 0 aliphatic carbocycles. The lowest BCUT2D eigenvalue weighted by Gasteiger charge is -2.29. The van der Waals surface area contributed by atoms with E-state index in [1.807, 2.05) is 32.9 Å². The number of carbonyl (C=O) groups excluding carboxylic acids is 1. The first kappa shape index (κ1) is 20.7. The number of nitrogens with zero attached hydrogens (tertiary/aromatic N) is 1. The fourth-order valence-electron chi connectivity index (χ4n) is 3.67. The van der Waals surface area contributed by atoms with Gasteiger partial charge in [0.1, 0.15) is 5.75 Å². The molecule has 0 saturated carbocycles. The maximum absolute atomic E-state index is 11.3. The van der Waals surface area contributed by atoms with Crippen molar-refractivity contribution in [3.63, 3.8) is 0 Å². The Kier molecular flexibility index (Phi) is 6.63. The molecular formula is C23H29ClN2O2. The van der Waals surface area contributed by atoms with E-state index in [4.69, 9.17) is 16.3 Å². The number of hydrogen-bond acceptors (Lipinski definition) is 3. The zero-order valence-corrected chi connectivity index (χ0v) is 17.8. The summed E-state index contributed by atoms with van der Waals surface area (Å²) in [6.45, 7) is 10.4. The highest BCUT2D eigenvalue weighted by Gasteiger charge is 2.18. The molecule has 1 unspecified atom stereocenters. The Morgan fingerprint density at radius 1 is 1.18 bits per heavy atom. The van der Waals surface area contributed by atoms with Gasteiger partial charge in [-0.1, -0.05) is 35.9 Å². The highest BCUT2D eigenvalue weighted by Crippen LogP contribution is 2.28. The van der Waals surface area contributed by atoms with Crippen LogP contribution in [-0.4, -0.2) is 23.5 Å². The van der Waals surface area contributed by atoms with Crippen molar-refractivity contribution < 1.29 is 9.53 Å². The second kappa shape index (κ2) is 8.97. The van der Waals surface area contributed by atoms with E-state index >= 15 is 0 Å². The van der Waals surface area contributed by atoms with E-state index in [2.05, 4.69) is 34.5 Å². The van der Waals surface area contributed by atoms with Gasteiger partial charge >= 0.3 is 0 Å². The fraction of sp³-hybridized carbons (Fsp3) is 0.435. The lowest BCUT2D eigenvalue weighted by Crippen LogP contribution is -2.30. The van der Waals surface area contributed by atoms with Crippen molar-refractivity contribution in [3.8, 4) is 5.75 Å². The number of carbonyl (C=O) groups is 1. The highest BCUT2D eigenvalue weighted by atomic mass is 35.5. The second-order valence-electron chi connectivity index (χ2n) is 7.84. The van der Waals surface area contributed by atoms with Gasteiger partial charge in [0.25, 0.3) is 0 Å². The van der Waals surface area contributed by atoms with Crippen LogP contribution in [0.2, 0.25) is 5.02 Å². The van der Waals surface area contributed by atoms with Gasteiger partial charge in [-0.3, -0.25) is 9.69 Å². The summed E-state index contributed by atoms with van der Waals surface area (Å²) < 4.78 is 5.72. The molecule has 0 radical (unpaired) electrons. The summed E-state index contributed by atoms with van der Waals surface area (Å²) in [6, 6.07) is 12.7. The molecule has 0 bridgehead atoms. The van der Waals surface area contributed by atoms with Crippen LogP contribution in [0.4, 0.5) is 0 Å². The van der Waals surface area contributed by atoms with Crippen LogP contribution < -0.4 is 10.1 Å². The van der Waals surface area contributed by atoms with Gasteiger partial charge in [0.05, 0.1) is 17.2 Å². The molecule has 0 spiro atoms. The number of halogens is 1. The van der Waals surface area contributed by atoms with Gasteiger partial charge in [-0.25, -0.2) is 0 Å². The molecule has 150 valence electrons. The van der Waals surface area contributed by atoms with E-state index < -0.39 is 0 Å². The maximum Gasteiger partial charge on any atom is 0.217 e. The van der Waals surface area contributed by atoms with Gasteiger partial charge in [0.2, 0.25) is 5.91 Å². The van der Waals surface area contributed by atoms with Crippen LogP contribution in [0.5, 0.6) is 5.75 Å². The van der Waals surface area contributed by atoms with Crippen molar-refractivity contribution in [2.45, 2.75) is 59.4 Å². The molecule has 1 amide bonds. The molecule has 2 aromatic rings. The number of amides is 1. The third kappa shape index (κ3) is 5.27. The highest BCUT2D eigenvalue weighted by molar-refractivity contribution is 6.32.